The molecule has 1 aromatic rings. The molecule has 1 amide bonds. The summed E-state index contributed by atoms with van der Waals surface area (Å²) in [5.74, 6) is 0.0322. The van der Waals surface area contributed by atoms with Gasteiger partial charge in [0.1, 0.15) is 0 Å². The highest BCUT2D eigenvalue weighted by atomic mass is 16.5. The molecule has 0 spiro atoms. The van der Waals surface area contributed by atoms with Crippen LogP contribution in [0.3, 0.4) is 0 Å². The van der Waals surface area contributed by atoms with Crippen molar-refractivity contribution in [2.75, 3.05) is 39.3 Å². The highest BCUT2D eigenvalue weighted by molar-refractivity contribution is 5.82. The number of nitrogens with zero attached hydrogens (tertiary/aromatic N) is 2. The molecule has 2 atom stereocenters. The van der Waals surface area contributed by atoms with Crippen LogP contribution in [0.25, 0.3) is 0 Å². The number of hydrogen-bond donors (Lipinski definition) is 1. The van der Waals surface area contributed by atoms with Crippen molar-refractivity contribution < 1.29 is 14.6 Å². The molecule has 1 saturated heterocycles. The van der Waals surface area contributed by atoms with Crippen LogP contribution in [0.15, 0.2) is 30.3 Å². The quantitative estimate of drug-likeness (QED) is 0.860. The molecule has 22 heavy (non-hydrogen) atoms. The van der Waals surface area contributed by atoms with Crippen LogP contribution in [0.1, 0.15) is 25.5 Å². The predicted molar refractivity (Wildman–Crippen MR) is 85.5 cm³/mol. The van der Waals surface area contributed by atoms with E-state index in [2.05, 4.69) is 4.90 Å². The SMILES string of the molecule is CCO[C@@H](C(=O)N1CCN(C[C@@H](C)O)CC1)c1ccccc1. The van der Waals surface area contributed by atoms with Crippen molar-refractivity contribution in [3.05, 3.63) is 35.9 Å². The summed E-state index contributed by atoms with van der Waals surface area (Å²) in [6, 6.07) is 9.65. The third-order valence-electron chi connectivity index (χ3n) is 3.87. The van der Waals surface area contributed by atoms with Gasteiger partial charge >= 0.3 is 0 Å². The van der Waals surface area contributed by atoms with Crippen LogP contribution < -0.4 is 0 Å². The molecule has 5 heteroatoms. The number of benzene rings is 1. The van der Waals surface area contributed by atoms with Gasteiger partial charge in [-0.15, -0.1) is 0 Å². The van der Waals surface area contributed by atoms with E-state index < -0.39 is 6.10 Å². The number of carbonyl (C=O) groups excluding carboxylic acids is 1. The summed E-state index contributed by atoms with van der Waals surface area (Å²) < 4.78 is 5.69. The Balaban J connectivity index is 1.97. The maximum atomic E-state index is 12.8. The Morgan fingerprint density at radius 1 is 1.23 bits per heavy atom. The minimum Gasteiger partial charge on any atom is -0.392 e. The Kier molecular flexibility index (Phi) is 6.36. The van der Waals surface area contributed by atoms with E-state index in [1.54, 1.807) is 6.92 Å². The maximum Gasteiger partial charge on any atom is 0.256 e. The van der Waals surface area contributed by atoms with Crippen molar-refractivity contribution in [3.63, 3.8) is 0 Å². The number of amides is 1. The summed E-state index contributed by atoms with van der Waals surface area (Å²) in [7, 11) is 0. The average molecular weight is 306 g/mol. The minimum atomic E-state index is -0.519. The minimum absolute atomic E-state index is 0.0322. The Hall–Kier alpha value is -1.43. The van der Waals surface area contributed by atoms with Crippen molar-refractivity contribution in [1.82, 2.24) is 9.80 Å². The number of carbonyl (C=O) groups is 1. The first-order valence-corrected chi connectivity index (χ1v) is 7.97. The van der Waals surface area contributed by atoms with E-state index in [9.17, 15) is 9.90 Å². The number of hydrogen-bond acceptors (Lipinski definition) is 4. The third-order valence-corrected chi connectivity index (χ3v) is 3.87. The van der Waals surface area contributed by atoms with Gasteiger partial charge in [0.15, 0.2) is 6.10 Å². The predicted octanol–water partition coefficient (Wildman–Crippen LogP) is 1.29. The van der Waals surface area contributed by atoms with E-state index in [4.69, 9.17) is 4.74 Å². The van der Waals surface area contributed by atoms with Gasteiger partial charge in [0.05, 0.1) is 6.10 Å². The van der Waals surface area contributed by atoms with Crippen molar-refractivity contribution in [1.29, 1.82) is 0 Å². The highest BCUT2D eigenvalue weighted by Gasteiger charge is 2.29. The molecule has 2 rings (SSSR count). The molecule has 5 nitrogen and oxygen atoms in total. The van der Waals surface area contributed by atoms with Crippen LogP contribution in [0.2, 0.25) is 0 Å². The van der Waals surface area contributed by atoms with Gasteiger partial charge in [0.25, 0.3) is 5.91 Å². The van der Waals surface area contributed by atoms with E-state index in [1.165, 1.54) is 0 Å². The fourth-order valence-electron chi connectivity index (χ4n) is 2.79. The summed E-state index contributed by atoms with van der Waals surface area (Å²) in [5, 5.41) is 9.44. The lowest BCUT2D eigenvalue weighted by atomic mass is 10.1. The van der Waals surface area contributed by atoms with E-state index in [0.29, 0.717) is 26.2 Å². The number of piperazine rings is 1. The van der Waals surface area contributed by atoms with Crippen molar-refractivity contribution in [2.24, 2.45) is 0 Å². The molecule has 0 bridgehead atoms. The first kappa shape index (κ1) is 16.9. The molecular formula is C17H26N2O3. The first-order valence-electron chi connectivity index (χ1n) is 7.97. The molecule has 0 radical (unpaired) electrons. The molecule has 0 aromatic heterocycles. The van der Waals surface area contributed by atoms with Gasteiger partial charge in [-0.05, 0) is 19.4 Å². The van der Waals surface area contributed by atoms with Gasteiger partial charge in [-0.2, -0.15) is 0 Å². The Bertz CT molecular complexity index is 456. The molecule has 1 heterocycles. The summed E-state index contributed by atoms with van der Waals surface area (Å²) in [6.45, 7) is 7.82. The second-order valence-electron chi connectivity index (χ2n) is 5.72. The normalized spacial score (nSPS) is 19.0. The van der Waals surface area contributed by atoms with E-state index in [1.807, 2.05) is 42.2 Å². The van der Waals surface area contributed by atoms with Crippen LogP contribution in [0.5, 0.6) is 0 Å². The zero-order valence-electron chi connectivity index (χ0n) is 13.4. The molecule has 1 N–H and O–H groups in total. The molecule has 122 valence electrons. The number of β-amino-alcohol motifs (C(OH)–C–C–N with tert-alkyl or cyclic N) is 1. The van der Waals surface area contributed by atoms with Crippen molar-refractivity contribution >= 4 is 5.91 Å². The third kappa shape index (κ3) is 4.53. The van der Waals surface area contributed by atoms with Crippen molar-refractivity contribution in [2.45, 2.75) is 26.1 Å². The molecule has 0 aliphatic carbocycles. The van der Waals surface area contributed by atoms with Crippen LogP contribution in [-0.2, 0) is 9.53 Å². The zero-order chi connectivity index (χ0) is 15.9. The summed E-state index contributed by atoms with van der Waals surface area (Å²) in [4.78, 5) is 16.8. The monoisotopic (exact) mass is 306 g/mol. The number of aliphatic hydroxyl groups is 1. The summed E-state index contributed by atoms with van der Waals surface area (Å²) >= 11 is 0. The van der Waals surface area contributed by atoms with Gasteiger partial charge < -0.3 is 14.7 Å². The fraction of sp³-hybridized carbons (Fsp3) is 0.588. The van der Waals surface area contributed by atoms with E-state index >= 15 is 0 Å². The van der Waals surface area contributed by atoms with E-state index in [-0.39, 0.29) is 12.0 Å². The molecular weight excluding hydrogens is 280 g/mol. The zero-order valence-corrected chi connectivity index (χ0v) is 13.4. The molecule has 1 aromatic carbocycles. The lowest BCUT2D eigenvalue weighted by Gasteiger charge is -2.36. The summed E-state index contributed by atoms with van der Waals surface area (Å²) in [5.41, 5.74) is 0.903. The Labute approximate surface area is 132 Å². The van der Waals surface area contributed by atoms with Gasteiger partial charge in [0.2, 0.25) is 0 Å². The fourth-order valence-corrected chi connectivity index (χ4v) is 2.79. The maximum absolute atomic E-state index is 12.8. The van der Waals surface area contributed by atoms with Gasteiger partial charge in [-0.25, -0.2) is 0 Å². The molecule has 1 aliphatic heterocycles. The van der Waals surface area contributed by atoms with Crippen LogP contribution in [0, 0.1) is 0 Å². The Morgan fingerprint density at radius 3 is 2.41 bits per heavy atom. The van der Waals surface area contributed by atoms with Crippen LogP contribution >= 0.6 is 0 Å². The number of rotatable bonds is 6. The summed E-state index contributed by atoms with van der Waals surface area (Å²) in [6.07, 6.45) is -0.850. The van der Waals surface area contributed by atoms with Crippen LogP contribution in [0.4, 0.5) is 0 Å². The lowest BCUT2D eigenvalue weighted by molar-refractivity contribution is -0.146. The second-order valence-corrected chi connectivity index (χ2v) is 5.72. The highest BCUT2D eigenvalue weighted by Crippen LogP contribution is 2.21. The largest absolute Gasteiger partial charge is 0.392 e. The lowest BCUT2D eigenvalue weighted by Crippen LogP contribution is -2.51. The van der Waals surface area contributed by atoms with Gasteiger partial charge in [-0.1, -0.05) is 30.3 Å². The van der Waals surface area contributed by atoms with Crippen LogP contribution in [-0.4, -0.2) is 66.2 Å². The first-order chi connectivity index (χ1) is 10.6. The molecule has 0 saturated carbocycles. The van der Waals surface area contributed by atoms with Gasteiger partial charge in [0, 0.05) is 39.3 Å². The average Bonchev–Trinajstić information content (AvgIpc) is 2.53. The topological polar surface area (TPSA) is 53.0 Å². The second kappa shape index (κ2) is 8.27. The van der Waals surface area contributed by atoms with Gasteiger partial charge in [-0.3, -0.25) is 9.69 Å². The number of aliphatic hydroxyl groups excluding tert-OH is 1. The molecule has 1 fully saturated rings. The van der Waals surface area contributed by atoms with E-state index in [0.717, 1.165) is 18.7 Å². The standard InChI is InChI=1S/C17H26N2O3/c1-3-22-16(15-7-5-4-6-8-15)17(21)19-11-9-18(10-12-19)13-14(2)20/h4-8,14,16,20H,3,9-13H2,1-2H3/t14-,16-/m1/s1. The Morgan fingerprint density at radius 2 is 1.86 bits per heavy atom. The number of ether oxygens (including phenoxy) is 1. The van der Waals surface area contributed by atoms with Crippen molar-refractivity contribution in [3.8, 4) is 0 Å². The smallest absolute Gasteiger partial charge is 0.256 e. The molecule has 1 aliphatic rings. The molecule has 0 unspecified atom stereocenters.